The van der Waals surface area contributed by atoms with Gasteiger partial charge in [0.15, 0.2) is 0 Å². The zero-order chi connectivity index (χ0) is 14.8. The molecule has 7 heteroatoms. The van der Waals surface area contributed by atoms with E-state index in [0.717, 1.165) is 24.2 Å². The summed E-state index contributed by atoms with van der Waals surface area (Å²) >= 11 is 1.09. The molecule has 0 aromatic carbocycles. The minimum Gasteiger partial charge on any atom is -0.465 e. The number of carbonyl (C=O) groups excluding carboxylic acids is 1. The molecule has 0 amide bonds. The van der Waals surface area contributed by atoms with Gasteiger partial charge in [-0.05, 0) is 37.1 Å². The van der Waals surface area contributed by atoms with Crippen molar-refractivity contribution in [2.24, 2.45) is 0 Å². The maximum absolute atomic E-state index is 12.5. The standard InChI is InChI=1S/C13H17NO4S2/c1-9-8-19-11(13(15)18-2)12(9)20(16,17)14-10-6-4-3-5-7-10/h3-4,8,10,14H,5-7H2,1-2H3. The Morgan fingerprint density at radius 3 is 2.80 bits per heavy atom. The van der Waals surface area contributed by atoms with Crippen molar-refractivity contribution in [2.45, 2.75) is 37.1 Å². The maximum Gasteiger partial charge on any atom is 0.349 e. The third-order valence-electron chi connectivity index (χ3n) is 3.15. The number of aryl methyl sites for hydroxylation is 1. The van der Waals surface area contributed by atoms with E-state index in [2.05, 4.69) is 9.46 Å². The highest BCUT2D eigenvalue weighted by atomic mass is 32.2. The van der Waals surface area contributed by atoms with Crippen LogP contribution in [0.3, 0.4) is 0 Å². The number of nitrogens with one attached hydrogen (secondary N) is 1. The molecule has 0 fully saturated rings. The molecule has 0 spiro atoms. The fraction of sp³-hybridized carbons (Fsp3) is 0.462. The molecule has 1 aromatic rings. The van der Waals surface area contributed by atoms with Crippen molar-refractivity contribution in [3.05, 3.63) is 28.0 Å². The van der Waals surface area contributed by atoms with E-state index in [9.17, 15) is 13.2 Å². The molecule has 1 N–H and O–H groups in total. The predicted octanol–water partition coefficient (Wildman–Crippen LogP) is 2.23. The summed E-state index contributed by atoms with van der Waals surface area (Å²) in [6.45, 7) is 1.68. The van der Waals surface area contributed by atoms with Crippen LogP contribution in [0.25, 0.3) is 0 Å². The van der Waals surface area contributed by atoms with Crippen molar-refractivity contribution in [1.29, 1.82) is 0 Å². The lowest BCUT2D eigenvalue weighted by Gasteiger charge is -2.19. The molecule has 1 heterocycles. The summed E-state index contributed by atoms with van der Waals surface area (Å²) in [4.78, 5) is 11.8. The van der Waals surface area contributed by atoms with E-state index >= 15 is 0 Å². The van der Waals surface area contributed by atoms with E-state index in [1.165, 1.54) is 7.11 Å². The van der Waals surface area contributed by atoms with Gasteiger partial charge in [0.05, 0.1) is 7.11 Å². The van der Waals surface area contributed by atoms with Gasteiger partial charge in [0, 0.05) is 6.04 Å². The summed E-state index contributed by atoms with van der Waals surface area (Å²) in [5.74, 6) is -0.619. The van der Waals surface area contributed by atoms with Crippen molar-refractivity contribution in [1.82, 2.24) is 4.72 Å². The summed E-state index contributed by atoms with van der Waals surface area (Å²) in [6.07, 6.45) is 6.32. The van der Waals surface area contributed by atoms with Crippen LogP contribution >= 0.6 is 11.3 Å². The predicted molar refractivity (Wildman–Crippen MR) is 77.5 cm³/mol. The number of thiophene rings is 1. The van der Waals surface area contributed by atoms with Crippen molar-refractivity contribution < 1.29 is 17.9 Å². The van der Waals surface area contributed by atoms with Crippen LogP contribution in [0.4, 0.5) is 0 Å². The molecule has 1 aliphatic rings. The van der Waals surface area contributed by atoms with Crippen LogP contribution in [0, 0.1) is 6.92 Å². The van der Waals surface area contributed by atoms with Crippen molar-refractivity contribution in [3.8, 4) is 0 Å². The van der Waals surface area contributed by atoms with Crippen LogP contribution in [0.1, 0.15) is 34.5 Å². The highest BCUT2D eigenvalue weighted by Crippen LogP contribution is 2.28. The number of hydrogen-bond acceptors (Lipinski definition) is 5. The smallest absolute Gasteiger partial charge is 0.349 e. The lowest BCUT2D eigenvalue weighted by molar-refractivity contribution is 0.0602. The molecule has 5 nitrogen and oxygen atoms in total. The number of hydrogen-bond donors (Lipinski definition) is 1. The Morgan fingerprint density at radius 1 is 1.45 bits per heavy atom. The first-order valence-electron chi connectivity index (χ1n) is 6.29. The first kappa shape index (κ1) is 15.2. The number of rotatable bonds is 4. The highest BCUT2D eigenvalue weighted by Gasteiger charge is 2.29. The number of carbonyl (C=O) groups is 1. The number of esters is 1. The average molecular weight is 315 g/mol. The molecule has 20 heavy (non-hydrogen) atoms. The number of methoxy groups -OCH3 is 1. The van der Waals surface area contributed by atoms with Crippen LogP contribution in [-0.4, -0.2) is 27.5 Å². The molecule has 1 atom stereocenters. The first-order chi connectivity index (χ1) is 9.45. The molecule has 2 rings (SSSR count). The van der Waals surface area contributed by atoms with Gasteiger partial charge in [0.25, 0.3) is 0 Å². The lowest BCUT2D eigenvalue weighted by Crippen LogP contribution is -2.36. The molecular formula is C13H17NO4S2. The Labute approximate surface area is 122 Å². The van der Waals surface area contributed by atoms with Gasteiger partial charge in [-0.25, -0.2) is 17.9 Å². The van der Waals surface area contributed by atoms with Crippen molar-refractivity contribution >= 4 is 27.3 Å². The Hall–Kier alpha value is -1.18. The topological polar surface area (TPSA) is 72.5 Å². The molecule has 1 aliphatic carbocycles. The molecule has 0 saturated carbocycles. The number of sulfonamides is 1. The maximum atomic E-state index is 12.5. The monoisotopic (exact) mass is 315 g/mol. The molecular weight excluding hydrogens is 298 g/mol. The first-order valence-corrected chi connectivity index (χ1v) is 8.65. The average Bonchev–Trinajstić information content (AvgIpc) is 2.81. The normalized spacial score (nSPS) is 19.0. The molecule has 0 saturated heterocycles. The fourth-order valence-corrected chi connectivity index (χ4v) is 5.17. The second kappa shape index (κ2) is 6.07. The Morgan fingerprint density at radius 2 is 2.20 bits per heavy atom. The van der Waals surface area contributed by atoms with Crippen LogP contribution in [-0.2, 0) is 14.8 Å². The summed E-state index contributed by atoms with van der Waals surface area (Å²) in [5.41, 5.74) is 0.564. The van der Waals surface area contributed by atoms with Gasteiger partial charge >= 0.3 is 5.97 Å². The summed E-state index contributed by atoms with van der Waals surface area (Å²) in [6, 6.07) is -0.116. The summed E-state index contributed by atoms with van der Waals surface area (Å²) in [5, 5.41) is 1.65. The molecule has 0 radical (unpaired) electrons. The Bertz CT molecular complexity index is 631. The molecule has 0 aliphatic heterocycles. The summed E-state index contributed by atoms with van der Waals surface area (Å²) in [7, 11) is -2.46. The van der Waals surface area contributed by atoms with Crippen molar-refractivity contribution in [2.75, 3.05) is 7.11 Å². The van der Waals surface area contributed by atoms with E-state index in [0.29, 0.717) is 12.0 Å². The fourth-order valence-electron chi connectivity index (χ4n) is 2.18. The van der Waals surface area contributed by atoms with Gasteiger partial charge < -0.3 is 4.74 Å². The second-order valence-corrected chi connectivity index (χ2v) is 7.20. The molecule has 1 aromatic heterocycles. The molecule has 0 bridgehead atoms. The van der Waals surface area contributed by atoms with Gasteiger partial charge in [0.1, 0.15) is 9.77 Å². The number of allylic oxidation sites excluding steroid dienone is 1. The van der Waals surface area contributed by atoms with Crippen LogP contribution in [0.2, 0.25) is 0 Å². The van der Waals surface area contributed by atoms with Gasteiger partial charge in [-0.3, -0.25) is 0 Å². The van der Waals surface area contributed by atoms with E-state index in [1.807, 2.05) is 12.2 Å². The second-order valence-electron chi connectivity index (χ2n) is 4.67. The van der Waals surface area contributed by atoms with E-state index in [1.54, 1.807) is 12.3 Å². The zero-order valence-corrected chi connectivity index (χ0v) is 13.0. The van der Waals surface area contributed by atoms with Crippen LogP contribution < -0.4 is 4.72 Å². The van der Waals surface area contributed by atoms with Gasteiger partial charge in [-0.15, -0.1) is 11.3 Å². The van der Waals surface area contributed by atoms with Crippen molar-refractivity contribution in [3.63, 3.8) is 0 Å². The van der Waals surface area contributed by atoms with Crippen LogP contribution in [0.15, 0.2) is 22.4 Å². The minimum absolute atomic E-state index is 0.0453. The van der Waals surface area contributed by atoms with Crippen LogP contribution in [0.5, 0.6) is 0 Å². The largest absolute Gasteiger partial charge is 0.465 e. The SMILES string of the molecule is COC(=O)c1scc(C)c1S(=O)(=O)NC1CC=CCC1. The van der Waals surface area contributed by atoms with E-state index < -0.39 is 16.0 Å². The zero-order valence-electron chi connectivity index (χ0n) is 11.4. The minimum atomic E-state index is -3.71. The molecule has 1 unspecified atom stereocenters. The third kappa shape index (κ3) is 3.11. The third-order valence-corrected chi connectivity index (χ3v) is 6.06. The van der Waals surface area contributed by atoms with E-state index in [4.69, 9.17) is 0 Å². The quantitative estimate of drug-likeness (QED) is 0.683. The van der Waals surface area contributed by atoms with Gasteiger partial charge in [0.2, 0.25) is 10.0 Å². The summed E-state index contributed by atoms with van der Waals surface area (Å²) < 4.78 is 32.3. The van der Waals surface area contributed by atoms with Gasteiger partial charge in [-0.1, -0.05) is 12.2 Å². The molecule has 110 valence electrons. The van der Waals surface area contributed by atoms with E-state index in [-0.39, 0.29) is 15.8 Å². The highest BCUT2D eigenvalue weighted by molar-refractivity contribution is 7.89. The Balaban J connectivity index is 2.31. The Kier molecular flexibility index (Phi) is 4.62. The number of ether oxygens (including phenoxy) is 1. The van der Waals surface area contributed by atoms with Gasteiger partial charge in [-0.2, -0.15) is 0 Å². The lowest BCUT2D eigenvalue weighted by atomic mass is 10.0.